The molecule has 4 heteroatoms. The predicted molar refractivity (Wildman–Crippen MR) is 47.8 cm³/mol. The highest BCUT2D eigenvalue weighted by Crippen LogP contribution is 2.12. The van der Waals surface area contributed by atoms with E-state index in [-0.39, 0.29) is 6.04 Å². The van der Waals surface area contributed by atoms with Crippen LogP contribution in [0, 0.1) is 5.95 Å². The summed E-state index contributed by atoms with van der Waals surface area (Å²) in [4.78, 5) is 3.62. The number of piperazine rings is 1. The summed E-state index contributed by atoms with van der Waals surface area (Å²) < 4.78 is 12.5. The number of pyridine rings is 1. The predicted octanol–water partition coefficient (Wildman–Crippen LogP) is 0.455. The molecule has 2 heterocycles. The molecule has 0 bridgehead atoms. The van der Waals surface area contributed by atoms with Gasteiger partial charge in [-0.25, -0.2) is 4.98 Å². The van der Waals surface area contributed by atoms with E-state index in [9.17, 15) is 4.39 Å². The minimum Gasteiger partial charge on any atom is -0.314 e. The van der Waals surface area contributed by atoms with Gasteiger partial charge >= 0.3 is 0 Å². The van der Waals surface area contributed by atoms with Crippen molar-refractivity contribution in [3.63, 3.8) is 0 Å². The van der Waals surface area contributed by atoms with Crippen LogP contribution in [0.4, 0.5) is 4.39 Å². The lowest BCUT2D eigenvalue weighted by Crippen LogP contribution is -2.42. The maximum absolute atomic E-state index is 12.5. The highest BCUT2D eigenvalue weighted by Gasteiger charge is 2.13. The Morgan fingerprint density at radius 3 is 2.92 bits per heavy atom. The molecule has 0 aliphatic carbocycles. The van der Waals surface area contributed by atoms with E-state index in [0.29, 0.717) is 0 Å². The smallest absolute Gasteiger partial charge is 0.212 e. The maximum atomic E-state index is 12.5. The van der Waals surface area contributed by atoms with Gasteiger partial charge < -0.3 is 10.6 Å². The molecule has 1 aromatic rings. The minimum atomic E-state index is -0.424. The average Bonchev–Trinajstić information content (AvgIpc) is 2.20. The van der Waals surface area contributed by atoms with E-state index < -0.39 is 5.95 Å². The lowest BCUT2D eigenvalue weighted by Gasteiger charge is -2.24. The molecule has 1 fully saturated rings. The van der Waals surface area contributed by atoms with Crippen molar-refractivity contribution in [3.8, 4) is 0 Å². The Balaban J connectivity index is 2.10. The van der Waals surface area contributed by atoms with Crippen molar-refractivity contribution in [3.05, 3.63) is 29.8 Å². The van der Waals surface area contributed by atoms with Gasteiger partial charge in [-0.05, 0) is 11.6 Å². The van der Waals surface area contributed by atoms with Gasteiger partial charge in [-0.2, -0.15) is 4.39 Å². The topological polar surface area (TPSA) is 37.0 Å². The Hall–Kier alpha value is -1.00. The second kappa shape index (κ2) is 3.81. The highest BCUT2D eigenvalue weighted by atomic mass is 19.1. The molecule has 1 aliphatic rings. The SMILES string of the molecule is Fc1ccc([C@H]2CNCCN2)cn1. The van der Waals surface area contributed by atoms with Gasteiger partial charge in [0.1, 0.15) is 0 Å². The molecule has 0 spiro atoms. The Bertz CT molecular complexity index is 267. The average molecular weight is 181 g/mol. The number of nitrogens with one attached hydrogen (secondary N) is 2. The molecule has 1 atom stereocenters. The van der Waals surface area contributed by atoms with Crippen LogP contribution in [0.5, 0.6) is 0 Å². The number of aromatic nitrogens is 1. The molecule has 1 aromatic heterocycles. The van der Waals surface area contributed by atoms with Crippen LogP contribution in [0.1, 0.15) is 11.6 Å². The Morgan fingerprint density at radius 2 is 2.31 bits per heavy atom. The normalized spacial score (nSPS) is 23.0. The van der Waals surface area contributed by atoms with Crippen LogP contribution in [0.15, 0.2) is 18.3 Å². The summed E-state index contributed by atoms with van der Waals surface area (Å²) in [6.07, 6.45) is 1.58. The first-order chi connectivity index (χ1) is 6.36. The summed E-state index contributed by atoms with van der Waals surface area (Å²) in [5.41, 5.74) is 1.04. The second-order valence-electron chi connectivity index (χ2n) is 3.13. The molecule has 0 amide bonds. The van der Waals surface area contributed by atoms with E-state index in [0.717, 1.165) is 25.2 Å². The quantitative estimate of drug-likeness (QED) is 0.618. The molecule has 0 saturated carbocycles. The first-order valence-electron chi connectivity index (χ1n) is 4.42. The Morgan fingerprint density at radius 1 is 1.38 bits per heavy atom. The Kier molecular flexibility index (Phi) is 2.52. The fourth-order valence-electron chi connectivity index (χ4n) is 1.48. The summed E-state index contributed by atoms with van der Waals surface area (Å²) in [5.74, 6) is -0.424. The molecule has 1 aliphatic heterocycles. The van der Waals surface area contributed by atoms with Gasteiger partial charge in [0.15, 0.2) is 0 Å². The molecule has 2 N–H and O–H groups in total. The lowest BCUT2D eigenvalue weighted by molar-refractivity contribution is 0.428. The van der Waals surface area contributed by atoms with Gasteiger partial charge in [0.2, 0.25) is 5.95 Å². The van der Waals surface area contributed by atoms with Crippen molar-refractivity contribution in [1.82, 2.24) is 15.6 Å². The molecule has 2 rings (SSSR count). The third-order valence-corrected chi connectivity index (χ3v) is 2.19. The van der Waals surface area contributed by atoms with Gasteiger partial charge in [-0.3, -0.25) is 0 Å². The number of hydrogen-bond acceptors (Lipinski definition) is 3. The van der Waals surface area contributed by atoms with Crippen LogP contribution in [-0.2, 0) is 0 Å². The van der Waals surface area contributed by atoms with Gasteiger partial charge in [-0.1, -0.05) is 6.07 Å². The zero-order valence-electron chi connectivity index (χ0n) is 7.26. The van der Waals surface area contributed by atoms with Crippen molar-refractivity contribution < 1.29 is 4.39 Å². The highest BCUT2D eigenvalue weighted by molar-refractivity contribution is 5.15. The fourth-order valence-corrected chi connectivity index (χ4v) is 1.48. The monoisotopic (exact) mass is 181 g/mol. The third-order valence-electron chi connectivity index (χ3n) is 2.19. The van der Waals surface area contributed by atoms with Crippen molar-refractivity contribution in [2.24, 2.45) is 0 Å². The summed E-state index contributed by atoms with van der Waals surface area (Å²) in [6, 6.07) is 3.43. The van der Waals surface area contributed by atoms with Crippen LogP contribution < -0.4 is 10.6 Å². The van der Waals surface area contributed by atoms with Crippen molar-refractivity contribution in [2.45, 2.75) is 6.04 Å². The van der Waals surface area contributed by atoms with Crippen molar-refractivity contribution >= 4 is 0 Å². The molecule has 0 radical (unpaired) electrons. The maximum Gasteiger partial charge on any atom is 0.212 e. The van der Waals surface area contributed by atoms with E-state index >= 15 is 0 Å². The molecule has 70 valence electrons. The molecule has 13 heavy (non-hydrogen) atoms. The fraction of sp³-hybridized carbons (Fsp3) is 0.444. The summed E-state index contributed by atoms with van der Waals surface area (Å²) in [5, 5.41) is 6.59. The van der Waals surface area contributed by atoms with E-state index in [1.165, 1.54) is 6.07 Å². The first kappa shape index (κ1) is 8.59. The molecule has 3 nitrogen and oxygen atoms in total. The largest absolute Gasteiger partial charge is 0.314 e. The van der Waals surface area contributed by atoms with Crippen LogP contribution in [-0.4, -0.2) is 24.6 Å². The van der Waals surface area contributed by atoms with E-state index in [1.807, 2.05) is 0 Å². The molecule has 1 saturated heterocycles. The van der Waals surface area contributed by atoms with Gasteiger partial charge in [0.05, 0.1) is 0 Å². The Labute approximate surface area is 76.4 Å². The summed E-state index contributed by atoms with van der Waals surface area (Å²) in [6.45, 7) is 2.82. The van der Waals surface area contributed by atoms with Crippen LogP contribution >= 0.6 is 0 Å². The third kappa shape index (κ3) is 2.02. The zero-order valence-corrected chi connectivity index (χ0v) is 7.26. The number of rotatable bonds is 1. The standard InChI is InChI=1S/C9H12FN3/c10-9-2-1-7(5-13-9)8-6-11-3-4-12-8/h1-2,5,8,11-12H,3-4,6H2/t8-/m1/s1. The molecular weight excluding hydrogens is 169 g/mol. The number of halogens is 1. The summed E-state index contributed by atoms with van der Waals surface area (Å²) >= 11 is 0. The van der Waals surface area contributed by atoms with Gasteiger partial charge in [0.25, 0.3) is 0 Å². The lowest BCUT2D eigenvalue weighted by atomic mass is 10.1. The van der Waals surface area contributed by atoms with Gasteiger partial charge in [0, 0.05) is 31.9 Å². The van der Waals surface area contributed by atoms with E-state index in [4.69, 9.17) is 0 Å². The molecule has 0 unspecified atom stereocenters. The minimum absolute atomic E-state index is 0.266. The van der Waals surface area contributed by atoms with Gasteiger partial charge in [-0.15, -0.1) is 0 Å². The van der Waals surface area contributed by atoms with Crippen molar-refractivity contribution in [1.29, 1.82) is 0 Å². The number of hydrogen-bond donors (Lipinski definition) is 2. The molecular formula is C9H12FN3. The second-order valence-corrected chi connectivity index (χ2v) is 3.13. The van der Waals surface area contributed by atoms with E-state index in [2.05, 4.69) is 15.6 Å². The first-order valence-corrected chi connectivity index (χ1v) is 4.42. The molecule has 0 aromatic carbocycles. The van der Waals surface area contributed by atoms with Crippen LogP contribution in [0.2, 0.25) is 0 Å². The van der Waals surface area contributed by atoms with Crippen molar-refractivity contribution in [2.75, 3.05) is 19.6 Å². The number of nitrogens with zero attached hydrogens (tertiary/aromatic N) is 1. The zero-order chi connectivity index (χ0) is 9.10. The van der Waals surface area contributed by atoms with Crippen LogP contribution in [0.25, 0.3) is 0 Å². The van der Waals surface area contributed by atoms with E-state index in [1.54, 1.807) is 12.3 Å². The summed E-state index contributed by atoms with van der Waals surface area (Å²) in [7, 11) is 0. The van der Waals surface area contributed by atoms with Crippen LogP contribution in [0.3, 0.4) is 0 Å².